The quantitative estimate of drug-likeness (QED) is 0.570. The molecule has 0 amide bonds. The van der Waals surface area contributed by atoms with Crippen molar-refractivity contribution in [1.82, 2.24) is 0 Å². The fraction of sp³-hybridized carbons (Fsp3) is 1.00. The molecule has 5 heteroatoms. The second-order valence-electron chi connectivity index (χ2n) is 4.53. The van der Waals surface area contributed by atoms with Crippen LogP contribution >= 0.6 is 0 Å². The minimum absolute atomic E-state index is 0.691. The Morgan fingerprint density at radius 3 is 1.41 bits per heavy atom. The normalized spacial score (nSPS) is 13.1. The highest BCUT2D eigenvalue weighted by atomic mass is 28.4. The fourth-order valence-electron chi connectivity index (χ4n) is 2.08. The smallest absolute Gasteiger partial charge is 0.360 e. The van der Waals surface area contributed by atoms with E-state index in [1.54, 1.807) is 0 Å². The minimum atomic E-state index is -2.10. The summed E-state index contributed by atoms with van der Waals surface area (Å²) in [7, 11) is -3.61. The van der Waals surface area contributed by atoms with Crippen LogP contribution in [0.5, 0.6) is 0 Å². The maximum atomic E-state index is 6.30. The lowest BCUT2D eigenvalue weighted by molar-refractivity contribution is 0.161. The third-order valence-electron chi connectivity index (χ3n) is 3.47. The van der Waals surface area contributed by atoms with E-state index < -0.39 is 16.9 Å². The third kappa shape index (κ3) is 5.65. The van der Waals surface area contributed by atoms with Crippen LogP contribution in [0.25, 0.3) is 0 Å². The van der Waals surface area contributed by atoms with Crippen LogP contribution in [0, 0.1) is 0 Å². The van der Waals surface area contributed by atoms with Gasteiger partial charge in [0.15, 0.2) is 8.32 Å². The molecule has 0 atom stereocenters. The van der Waals surface area contributed by atoms with Gasteiger partial charge in [-0.15, -0.1) is 0 Å². The first-order valence-corrected chi connectivity index (χ1v) is 12.0. The van der Waals surface area contributed by atoms with Crippen molar-refractivity contribution < 1.29 is 13.3 Å². The van der Waals surface area contributed by atoms with Gasteiger partial charge in [0.05, 0.1) is 6.23 Å². The fourth-order valence-corrected chi connectivity index (χ4v) is 7.93. The average molecular weight is 279 g/mol. The molecule has 0 aliphatic carbocycles. The highest BCUT2D eigenvalue weighted by molar-refractivity contribution is 6.75. The molecule has 104 valence electrons. The van der Waals surface area contributed by atoms with Gasteiger partial charge in [-0.2, -0.15) is 0 Å². The molecule has 0 rings (SSSR count). The molecule has 17 heavy (non-hydrogen) atoms. The molecule has 0 saturated heterocycles. The van der Waals surface area contributed by atoms with Crippen LogP contribution < -0.4 is 0 Å². The van der Waals surface area contributed by atoms with E-state index >= 15 is 0 Å². The highest BCUT2D eigenvalue weighted by Crippen LogP contribution is 2.23. The molecule has 0 aromatic rings. The van der Waals surface area contributed by atoms with Crippen LogP contribution in [0.4, 0.5) is 0 Å². The molecule has 0 aromatic heterocycles. The molecule has 3 nitrogen and oxygen atoms in total. The molecular formula is C12H30O3Si2. The van der Waals surface area contributed by atoms with Crippen molar-refractivity contribution in [3.05, 3.63) is 0 Å². The predicted molar refractivity (Wildman–Crippen MR) is 78.0 cm³/mol. The van der Waals surface area contributed by atoms with E-state index in [1.165, 1.54) is 18.1 Å². The predicted octanol–water partition coefficient (Wildman–Crippen LogP) is 3.69. The van der Waals surface area contributed by atoms with E-state index in [4.69, 9.17) is 13.3 Å². The first-order chi connectivity index (χ1) is 8.01. The summed E-state index contributed by atoms with van der Waals surface area (Å²) in [5.74, 6) is 0. The van der Waals surface area contributed by atoms with Gasteiger partial charge in [0, 0.05) is 13.2 Å². The van der Waals surface area contributed by atoms with Crippen LogP contribution in [0.15, 0.2) is 0 Å². The van der Waals surface area contributed by atoms with E-state index in [9.17, 15) is 0 Å². The Balaban J connectivity index is 4.45. The first-order valence-electron chi connectivity index (χ1n) is 6.93. The Labute approximate surface area is 109 Å². The van der Waals surface area contributed by atoms with Crippen LogP contribution in [0.2, 0.25) is 24.7 Å². The van der Waals surface area contributed by atoms with E-state index in [-0.39, 0.29) is 0 Å². The summed E-state index contributed by atoms with van der Waals surface area (Å²) < 4.78 is 17.9. The van der Waals surface area contributed by atoms with Crippen molar-refractivity contribution in [3.8, 4) is 0 Å². The van der Waals surface area contributed by atoms with Crippen molar-refractivity contribution in [2.24, 2.45) is 0 Å². The van der Waals surface area contributed by atoms with Crippen LogP contribution in [-0.4, -0.2) is 36.3 Å². The lowest BCUT2D eigenvalue weighted by atomic mass is 10.9. The number of hydrogen-bond acceptors (Lipinski definition) is 3. The van der Waals surface area contributed by atoms with E-state index in [0.29, 0.717) is 19.4 Å². The second-order valence-corrected chi connectivity index (χ2v) is 12.4. The van der Waals surface area contributed by atoms with E-state index in [0.717, 1.165) is 0 Å². The molecule has 0 N–H and O–H groups in total. The monoisotopic (exact) mass is 278 g/mol. The second kappa shape index (κ2) is 8.42. The van der Waals surface area contributed by atoms with Crippen molar-refractivity contribution in [2.75, 3.05) is 19.4 Å². The summed E-state index contributed by atoms with van der Waals surface area (Å²) in [4.78, 5) is 0. The van der Waals surface area contributed by atoms with Crippen molar-refractivity contribution in [1.29, 1.82) is 0 Å². The summed E-state index contributed by atoms with van der Waals surface area (Å²) in [6.45, 7) is 14.3. The standard InChI is InChI=1S/C12H30O3Si2/c1-7-13-16(6,14-8-2)12-15-17(9-3,10-4)11-5/h7-12H2,1-6H3. The third-order valence-corrected chi connectivity index (χ3v) is 10.9. The lowest BCUT2D eigenvalue weighted by Gasteiger charge is -2.33. The molecule has 0 fully saturated rings. The molecule has 0 spiro atoms. The summed E-state index contributed by atoms with van der Waals surface area (Å²) in [6, 6.07) is 3.55. The maximum Gasteiger partial charge on any atom is 0.360 e. The zero-order chi connectivity index (χ0) is 13.4. The Morgan fingerprint density at radius 2 is 1.12 bits per heavy atom. The molecule has 0 unspecified atom stereocenters. The average Bonchev–Trinajstić information content (AvgIpc) is 2.32. The van der Waals surface area contributed by atoms with Crippen LogP contribution in [0.1, 0.15) is 34.6 Å². The van der Waals surface area contributed by atoms with Crippen LogP contribution in [0.3, 0.4) is 0 Å². The highest BCUT2D eigenvalue weighted by Gasteiger charge is 2.37. The van der Waals surface area contributed by atoms with Gasteiger partial charge in [-0.25, -0.2) is 0 Å². The van der Waals surface area contributed by atoms with Gasteiger partial charge in [0.25, 0.3) is 0 Å². The minimum Gasteiger partial charge on any atom is -0.415 e. The zero-order valence-electron chi connectivity index (χ0n) is 12.5. The first kappa shape index (κ1) is 17.3. The molecule has 0 heterocycles. The molecule has 0 aromatic carbocycles. The van der Waals surface area contributed by atoms with Gasteiger partial charge in [-0.05, 0) is 38.5 Å². The Morgan fingerprint density at radius 1 is 0.706 bits per heavy atom. The summed E-state index contributed by atoms with van der Waals surface area (Å²) in [5, 5.41) is 0. The van der Waals surface area contributed by atoms with Gasteiger partial charge in [0.1, 0.15) is 0 Å². The van der Waals surface area contributed by atoms with Gasteiger partial charge < -0.3 is 13.3 Å². The largest absolute Gasteiger partial charge is 0.415 e. The molecule has 0 aliphatic heterocycles. The number of hydrogen-bond donors (Lipinski definition) is 0. The van der Waals surface area contributed by atoms with Crippen LogP contribution in [-0.2, 0) is 13.3 Å². The molecule has 0 radical (unpaired) electrons. The molecule has 0 aliphatic rings. The molecular weight excluding hydrogens is 248 g/mol. The topological polar surface area (TPSA) is 27.7 Å². The SMILES string of the molecule is CCO[Si](C)(CO[Si](CC)(CC)CC)OCC. The Hall–Kier alpha value is 0.314. The zero-order valence-corrected chi connectivity index (χ0v) is 14.5. The van der Waals surface area contributed by atoms with E-state index in [2.05, 4.69) is 27.3 Å². The Bertz CT molecular complexity index is 182. The van der Waals surface area contributed by atoms with Gasteiger partial charge in [-0.3, -0.25) is 0 Å². The molecule has 0 bridgehead atoms. The van der Waals surface area contributed by atoms with Gasteiger partial charge in [-0.1, -0.05) is 20.8 Å². The van der Waals surface area contributed by atoms with Crippen molar-refractivity contribution in [3.63, 3.8) is 0 Å². The summed E-state index contributed by atoms with van der Waals surface area (Å²) >= 11 is 0. The van der Waals surface area contributed by atoms with E-state index in [1.807, 2.05) is 13.8 Å². The molecule has 0 saturated carbocycles. The summed E-state index contributed by atoms with van der Waals surface area (Å²) in [6.07, 6.45) is 0.691. The van der Waals surface area contributed by atoms with Crippen molar-refractivity contribution >= 4 is 16.9 Å². The summed E-state index contributed by atoms with van der Waals surface area (Å²) in [5.41, 5.74) is 0. The van der Waals surface area contributed by atoms with Gasteiger partial charge in [0.2, 0.25) is 0 Å². The maximum absolute atomic E-state index is 6.30. The lowest BCUT2D eigenvalue weighted by Crippen LogP contribution is -2.49. The Kier molecular flexibility index (Phi) is 8.58. The van der Waals surface area contributed by atoms with Gasteiger partial charge >= 0.3 is 8.56 Å². The number of rotatable bonds is 10. The van der Waals surface area contributed by atoms with Crippen molar-refractivity contribution in [2.45, 2.75) is 59.3 Å².